The van der Waals surface area contributed by atoms with Gasteiger partial charge in [0.1, 0.15) is 0 Å². The van der Waals surface area contributed by atoms with Crippen LogP contribution in [0, 0.1) is 0 Å². The van der Waals surface area contributed by atoms with Crippen molar-refractivity contribution in [2.24, 2.45) is 0 Å². The van der Waals surface area contributed by atoms with Gasteiger partial charge >= 0.3 is 0 Å². The Balaban J connectivity index is 2.33. The normalized spacial score (nSPS) is 12.4. The highest BCUT2D eigenvalue weighted by molar-refractivity contribution is 5.21. The van der Waals surface area contributed by atoms with Gasteiger partial charge < -0.3 is 10.4 Å². The molecule has 0 amide bonds. The van der Waals surface area contributed by atoms with E-state index < -0.39 is 0 Å². The molecule has 16 heavy (non-hydrogen) atoms. The minimum atomic E-state index is 0.115. The molecule has 0 saturated carbocycles. The molecular weight excluding hydrogens is 198 g/mol. The van der Waals surface area contributed by atoms with E-state index in [0.29, 0.717) is 6.04 Å². The predicted octanol–water partition coefficient (Wildman–Crippen LogP) is 2.62. The summed E-state index contributed by atoms with van der Waals surface area (Å²) in [5, 5.41) is 12.4. The molecule has 88 valence electrons. The van der Waals surface area contributed by atoms with E-state index in [2.05, 4.69) is 31.0 Å². The Morgan fingerprint density at radius 2 is 1.94 bits per heavy atom. The van der Waals surface area contributed by atoms with E-state index in [1.54, 1.807) is 0 Å². The van der Waals surface area contributed by atoms with E-state index in [-0.39, 0.29) is 6.61 Å². The largest absolute Gasteiger partial charge is 0.392 e. The van der Waals surface area contributed by atoms with Crippen molar-refractivity contribution in [3.63, 3.8) is 0 Å². The van der Waals surface area contributed by atoms with Crippen molar-refractivity contribution >= 4 is 0 Å². The molecule has 2 heteroatoms. The van der Waals surface area contributed by atoms with Crippen LogP contribution >= 0.6 is 0 Å². The summed E-state index contributed by atoms with van der Waals surface area (Å²) in [6, 6.07) is 8.55. The van der Waals surface area contributed by atoms with Gasteiger partial charge in [-0.2, -0.15) is 0 Å². The lowest BCUT2D eigenvalue weighted by atomic mass is 10.1. The molecule has 0 heterocycles. The number of nitrogens with one attached hydrogen (secondary N) is 1. The van der Waals surface area contributed by atoms with Crippen LogP contribution in [-0.2, 0) is 13.2 Å². The van der Waals surface area contributed by atoms with Crippen LogP contribution in [0.1, 0.15) is 30.9 Å². The first-order valence-corrected chi connectivity index (χ1v) is 5.79. The van der Waals surface area contributed by atoms with E-state index in [1.165, 1.54) is 5.56 Å². The highest BCUT2D eigenvalue weighted by atomic mass is 16.3. The van der Waals surface area contributed by atoms with Crippen LogP contribution < -0.4 is 5.32 Å². The first-order chi connectivity index (χ1) is 7.76. The van der Waals surface area contributed by atoms with E-state index in [9.17, 15) is 0 Å². The summed E-state index contributed by atoms with van der Waals surface area (Å²) in [6.45, 7) is 6.90. The van der Waals surface area contributed by atoms with Gasteiger partial charge in [-0.25, -0.2) is 0 Å². The van der Waals surface area contributed by atoms with Crippen LogP contribution in [0.15, 0.2) is 36.9 Å². The number of benzene rings is 1. The molecular formula is C14H21NO. The third-order valence-electron chi connectivity index (χ3n) is 2.66. The summed E-state index contributed by atoms with van der Waals surface area (Å²) >= 11 is 0. The van der Waals surface area contributed by atoms with Gasteiger partial charge in [-0.05, 0) is 30.9 Å². The first-order valence-electron chi connectivity index (χ1n) is 5.79. The number of aliphatic hydroxyl groups is 1. The molecule has 0 saturated heterocycles. The molecule has 2 nitrogen and oxygen atoms in total. The Hall–Kier alpha value is -1.12. The molecule has 0 bridgehead atoms. The van der Waals surface area contributed by atoms with Crippen LogP contribution in [0.3, 0.4) is 0 Å². The van der Waals surface area contributed by atoms with E-state index in [4.69, 9.17) is 5.11 Å². The third kappa shape index (κ3) is 4.60. The lowest BCUT2D eigenvalue weighted by molar-refractivity contribution is 0.282. The fraction of sp³-hybridized carbons (Fsp3) is 0.429. The third-order valence-corrected chi connectivity index (χ3v) is 2.66. The average molecular weight is 219 g/mol. The molecule has 1 atom stereocenters. The van der Waals surface area contributed by atoms with Crippen molar-refractivity contribution in [3.8, 4) is 0 Å². The zero-order valence-corrected chi connectivity index (χ0v) is 9.95. The van der Waals surface area contributed by atoms with Crippen LogP contribution in [0.25, 0.3) is 0 Å². The van der Waals surface area contributed by atoms with E-state index >= 15 is 0 Å². The predicted molar refractivity (Wildman–Crippen MR) is 68.1 cm³/mol. The maximum absolute atomic E-state index is 8.92. The summed E-state index contributed by atoms with van der Waals surface area (Å²) < 4.78 is 0. The molecule has 0 aromatic heterocycles. The summed E-state index contributed by atoms with van der Waals surface area (Å²) in [4.78, 5) is 0. The zero-order chi connectivity index (χ0) is 11.8. The second-order valence-electron chi connectivity index (χ2n) is 4.12. The Labute approximate surface area is 98.0 Å². The summed E-state index contributed by atoms with van der Waals surface area (Å²) in [5.74, 6) is 0. The van der Waals surface area contributed by atoms with Crippen LogP contribution in [0.4, 0.5) is 0 Å². The number of allylic oxidation sites excluding steroid dienone is 1. The molecule has 1 rings (SSSR count). The quantitative estimate of drug-likeness (QED) is 0.691. The Morgan fingerprint density at radius 1 is 1.31 bits per heavy atom. The molecule has 1 unspecified atom stereocenters. The van der Waals surface area contributed by atoms with Crippen LogP contribution in [0.5, 0.6) is 0 Å². The number of rotatable bonds is 7. The zero-order valence-electron chi connectivity index (χ0n) is 9.95. The average Bonchev–Trinajstić information content (AvgIpc) is 2.34. The van der Waals surface area contributed by atoms with Gasteiger partial charge in [-0.15, -0.1) is 6.58 Å². The molecule has 1 aromatic rings. The van der Waals surface area contributed by atoms with Gasteiger partial charge in [-0.1, -0.05) is 30.3 Å². The Morgan fingerprint density at radius 3 is 2.50 bits per heavy atom. The molecule has 0 radical (unpaired) electrons. The lowest BCUT2D eigenvalue weighted by Gasteiger charge is -2.12. The van der Waals surface area contributed by atoms with Gasteiger partial charge in [0.05, 0.1) is 6.61 Å². The molecule has 0 aliphatic heterocycles. The van der Waals surface area contributed by atoms with Gasteiger partial charge in [0.15, 0.2) is 0 Å². The van der Waals surface area contributed by atoms with Crippen LogP contribution in [-0.4, -0.2) is 11.1 Å². The maximum Gasteiger partial charge on any atom is 0.0681 e. The summed E-state index contributed by atoms with van der Waals surface area (Å²) in [5.41, 5.74) is 2.21. The minimum Gasteiger partial charge on any atom is -0.392 e. The first kappa shape index (κ1) is 12.9. The highest BCUT2D eigenvalue weighted by Crippen LogP contribution is 2.05. The molecule has 0 spiro atoms. The Bertz CT molecular complexity index is 305. The summed E-state index contributed by atoms with van der Waals surface area (Å²) in [7, 11) is 0. The van der Waals surface area contributed by atoms with E-state index in [1.807, 2.05) is 18.2 Å². The highest BCUT2D eigenvalue weighted by Gasteiger charge is 2.00. The van der Waals surface area contributed by atoms with Gasteiger partial charge in [0, 0.05) is 12.6 Å². The van der Waals surface area contributed by atoms with Crippen molar-refractivity contribution in [2.45, 2.75) is 39.0 Å². The van der Waals surface area contributed by atoms with E-state index in [0.717, 1.165) is 24.9 Å². The smallest absolute Gasteiger partial charge is 0.0681 e. The Kier molecular flexibility index (Phi) is 5.83. The second kappa shape index (κ2) is 7.20. The van der Waals surface area contributed by atoms with Gasteiger partial charge in [0.25, 0.3) is 0 Å². The fourth-order valence-corrected chi connectivity index (χ4v) is 1.52. The standard InChI is InChI=1S/C14H21NO/c1-3-4-5-12(2)15-10-13-6-8-14(11-16)9-7-13/h3,6-9,12,15-16H,1,4-5,10-11H2,2H3. The van der Waals surface area contributed by atoms with Crippen molar-refractivity contribution in [2.75, 3.05) is 0 Å². The van der Waals surface area contributed by atoms with Crippen molar-refractivity contribution in [1.82, 2.24) is 5.32 Å². The SMILES string of the molecule is C=CCCC(C)NCc1ccc(CO)cc1. The lowest BCUT2D eigenvalue weighted by Crippen LogP contribution is -2.25. The van der Waals surface area contributed by atoms with Crippen molar-refractivity contribution in [3.05, 3.63) is 48.0 Å². The van der Waals surface area contributed by atoms with Gasteiger partial charge in [-0.3, -0.25) is 0 Å². The molecule has 0 fully saturated rings. The summed E-state index contributed by atoms with van der Waals surface area (Å²) in [6.07, 6.45) is 4.13. The molecule has 2 N–H and O–H groups in total. The molecule has 0 aliphatic rings. The number of hydrogen-bond donors (Lipinski definition) is 2. The van der Waals surface area contributed by atoms with Crippen molar-refractivity contribution in [1.29, 1.82) is 0 Å². The maximum atomic E-state index is 8.92. The monoisotopic (exact) mass is 219 g/mol. The molecule has 0 aliphatic carbocycles. The number of hydrogen-bond acceptors (Lipinski definition) is 2. The van der Waals surface area contributed by atoms with Gasteiger partial charge in [0.2, 0.25) is 0 Å². The second-order valence-corrected chi connectivity index (χ2v) is 4.12. The van der Waals surface area contributed by atoms with Crippen LogP contribution in [0.2, 0.25) is 0 Å². The molecule has 1 aromatic carbocycles. The topological polar surface area (TPSA) is 32.3 Å². The minimum absolute atomic E-state index is 0.115. The number of aliphatic hydroxyl groups excluding tert-OH is 1. The fourth-order valence-electron chi connectivity index (χ4n) is 1.52. The van der Waals surface area contributed by atoms with Crippen molar-refractivity contribution < 1.29 is 5.11 Å².